The largest absolute Gasteiger partial charge is 0.479 e. The fraction of sp³-hybridized carbons (Fsp3) is 0.500. The topological polar surface area (TPSA) is 94.8 Å². The van der Waals surface area contributed by atoms with Crippen molar-refractivity contribution in [1.29, 1.82) is 0 Å². The van der Waals surface area contributed by atoms with Gasteiger partial charge in [0.05, 0.1) is 11.6 Å². The zero-order chi connectivity index (χ0) is 30.3. The maximum Gasteiger partial charge on any atom is 0.347 e. The van der Waals surface area contributed by atoms with Crippen molar-refractivity contribution < 1.29 is 23.5 Å². The van der Waals surface area contributed by atoms with E-state index in [0.717, 1.165) is 12.8 Å². The Morgan fingerprint density at radius 3 is 2.17 bits per heavy atom. The number of esters is 1. The fourth-order valence-electron chi connectivity index (χ4n) is 4.94. The van der Waals surface area contributed by atoms with Gasteiger partial charge in [0.25, 0.3) is 0 Å². The van der Waals surface area contributed by atoms with Crippen LogP contribution < -0.4 is 15.7 Å². The van der Waals surface area contributed by atoms with Crippen molar-refractivity contribution in [3.8, 4) is 16.9 Å². The van der Waals surface area contributed by atoms with Crippen LogP contribution in [0.4, 0.5) is 5.69 Å². The molecule has 0 aliphatic carbocycles. The molecule has 42 heavy (non-hydrogen) atoms. The first kappa shape index (κ1) is 33.2. The van der Waals surface area contributed by atoms with Crippen molar-refractivity contribution in [2.24, 2.45) is 0 Å². The van der Waals surface area contributed by atoms with Crippen molar-refractivity contribution in [2.45, 2.75) is 104 Å². The molecule has 3 rings (SSSR count). The first-order valence-electron chi connectivity index (χ1n) is 15.3. The molecule has 0 aliphatic rings. The molecule has 0 radical (unpaired) electrons. The van der Waals surface area contributed by atoms with Crippen LogP contribution in [0.15, 0.2) is 51.7 Å². The van der Waals surface area contributed by atoms with Crippen LogP contribution in [-0.4, -0.2) is 24.6 Å². The van der Waals surface area contributed by atoms with Gasteiger partial charge in [-0.2, -0.15) is 0 Å². The summed E-state index contributed by atoms with van der Waals surface area (Å²) in [6.07, 6.45) is 13.3. The van der Waals surface area contributed by atoms with Gasteiger partial charge in [-0.15, -0.1) is 0 Å². The van der Waals surface area contributed by atoms with Crippen LogP contribution >= 0.6 is 11.6 Å². The third-order valence-electron chi connectivity index (χ3n) is 7.20. The molecule has 1 aromatic heterocycles. The quantitative estimate of drug-likeness (QED) is 0.0892. The number of anilines is 1. The van der Waals surface area contributed by atoms with E-state index in [9.17, 15) is 14.4 Å². The number of ether oxygens (including phenoxy) is 2. The molecule has 1 N–H and O–H groups in total. The zero-order valence-corrected chi connectivity index (χ0v) is 25.9. The van der Waals surface area contributed by atoms with Gasteiger partial charge in [-0.25, -0.2) is 9.59 Å². The SMILES string of the molecule is CCCCCCCCCCCCCC(=O)Nc1ccc(-c2cc(=O)oc3cc(O[C@H](C)C(=O)OCC)ccc23)c(Cl)c1. The van der Waals surface area contributed by atoms with E-state index in [1.165, 1.54) is 63.9 Å². The lowest BCUT2D eigenvalue weighted by Gasteiger charge is -2.14. The van der Waals surface area contributed by atoms with Gasteiger partial charge in [-0.1, -0.05) is 88.8 Å². The zero-order valence-electron chi connectivity index (χ0n) is 25.1. The molecule has 7 nitrogen and oxygen atoms in total. The lowest BCUT2D eigenvalue weighted by Crippen LogP contribution is -2.26. The van der Waals surface area contributed by atoms with Crippen LogP contribution in [0.25, 0.3) is 22.1 Å². The van der Waals surface area contributed by atoms with Crippen molar-refractivity contribution in [3.05, 3.63) is 57.9 Å². The third-order valence-corrected chi connectivity index (χ3v) is 7.51. The summed E-state index contributed by atoms with van der Waals surface area (Å²) in [7, 11) is 0. The summed E-state index contributed by atoms with van der Waals surface area (Å²) < 4.78 is 16.1. The second-order valence-electron chi connectivity index (χ2n) is 10.7. The Morgan fingerprint density at radius 2 is 1.52 bits per heavy atom. The maximum absolute atomic E-state index is 12.5. The van der Waals surface area contributed by atoms with E-state index >= 15 is 0 Å². The van der Waals surface area contributed by atoms with E-state index in [-0.39, 0.29) is 12.5 Å². The summed E-state index contributed by atoms with van der Waals surface area (Å²) in [4.78, 5) is 36.8. The maximum atomic E-state index is 12.5. The van der Waals surface area contributed by atoms with Gasteiger partial charge in [0.1, 0.15) is 11.3 Å². The lowest BCUT2D eigenvalue weighted by atomic mass is 10.0. The second-order valence-corrected chi connectivity index (χ2v) is 11.1. The molecule has 0 bridgehead atoms. The first-order chi connectivity index (χ1) is 20.3. The number of carbonyl (C=O) groups is 2. The molecule has 0 saturated carbocycles. The van der Waals surface area contributed by atoms with Gasteiger partial charge in [0, 0.05) is 40.8 Å². The fourth-order valence-corrected chi connectivity index (χ4v) is 5.22. The van der Waals surface area contributed by atoms with Crippen LogP contribution in [0.5, 0.6) is 5.75 Å². The van der Waals surface area contributed by atoms with Gasteiger partial charge < -0.3 is 19.2 Å². The number of carbonyl (C=O) groups excluding carboxylic acids is 2. The number of nitrogens with one attached hydrogen (secondary N) is 1. The average Bonchev–Trinajstić information content (AvgIpc) is 2.95. The minimum atomic E-state index is -0.815. The number of benzene rings is 2. The molecular weight excluding hydrogens is 554 g/mol. The van der Waals surface area contributed by atoms with E-state index in [1.807, 2.05) is 0 Å². The Morgan fingerprint density at radius 1 is 0.857 bits per heavy atom. The summed E-state index contributed by atoms with van der Waals surface area (Å²) in [6.45, 7) is 5.81. The van der Waals surface area contributed by atoms with E-state index < -0.39 is 17.7 Å². The molecule has 0 saturated heterocycles. The number of hydrogen-bond acceptors (Lipinski definition) is 6. The number of unbranched alkanes of at least 4 members (excludes halogenated alkanes) is 10. The van der Waals surface area contributed by atoms with E-state index in [1.54, 1.807) is 50.2 Å². The standard InChI is InChI=1S/C34H44ClNO6/c1-4-6-7-8-9-10-11-12-13-14-15-16-32(37)36-25-17-19-27(30(35)21-25)29-23-33(38)42-31-22-26(18-20-28(29)31)41-24(3)34(39)40-5-2/h17-24H,4-16H2,1-3H3,(H,36,37)/t24-/m1/s1. The Kier molecular flexibility index (Phi) is 13.9. The number of rotatable bonds is 18. The van der Waals surface area contributed by atoms with Crippen molar-refractivity contribution in [3.63, 3.8) is 0 Å². The Bertz CT molecular complexity index is 1370. The van der Waals surface area contributed by atoms with Gasteiger partial charge in [0.2, 0.25) is 5.91 Å². The molecule has 2 aromatic carbocycles. The summed E-state index contributed by atoms with van der Waals surface area (Å²) in [5.41, 5.74) is 1.58. The normalized spacial score (nSPS) is 11.8. The highest BCUT2D eigenvalue weighted by Crippen LogP contribution is 2.35. The number of hydrogen-bond donors (Lipinski definition) is 1. The van der Waals surface area contributed by atoms with Crippen LogP contribution in [0.2, 0.25) is 5.02 Å². The minimum Gasteiger partial charge on any atom is -0.479 e. The summed E-state index contributed by atoms with van der Waals surface area (Å²) in [5, 5.41) is 3.98. The van der Waals surface area contributed by atoms with E-state index in [0.29, 0.717) is 45.0 Å². The van der Waals surface area contributed by atoms with Crippen molar-refractivity contribution in [1.82, 2.24) is 0 Å². The van der Waals surface area contributed by atoms with Crippen molar-refractivity contribution >= 4 is 40.1 Å². The molecule has 8 heteroatoms. The van der Waals surface area contributed by atoms with Gasteiger partial charge in [-0.3, -0.25) is 4.79 Å². The van der Waals surface area contributed by atoms with Crippen LogP contribution in [0.3, 0.4) is 0 Å². The molecule has 1 atom stereocenters. The lowest BCUT2D eigenvalue weighted by molar-refractivity contribution is -0.150. The van der Waals surface area contributed by atoms with E-state index in [4.69, 9.17) is 25.5 Å². The van der Waals surface area contributed by atoms with Gasteiger partial charge in [0.15, 0.2) is 6.10 Å². The number of amides is 1. The predicted molar refractivity (Wildman–Crippen MR) is 169 cm³/mol. The first-order valence-corrected chi connectivity index (χ1v) is 15.7. The Hall–Kier alpha value is -3.32. The summed E-state index contributed by atoms with van der Waals surface area (Å²) in [5.74, 6) is -0.152. The van der Waals surface area contributed by atoms with Gasteiger partial charge in [-0.05, 0) is 44.5 Å². The summed E-state index contributed by atoms with van der Waals surface area (Å²) >= 11 is 6.63. The highest BCUT2D eigenvalue weighted by Gasteiger charge is 2.18. The second kappa shape index (κ2) is 17.6. The predicted octanol–water partition coefficient (Wildman–Crippen LogP) is 9.08. The smallest absolute Gasteiger partial charge is 0.347 e. The van der Waals surface area contributed by atoms with Gasteiger partial charge >= 0.3 is 11.6 Å². The highest BCUT2D eigenvalue weighted by molar-refractivity contribution is 6.34. The third kappa shape index (κ3) is 10.5. The molecule has 1 heterocycles. The molecule has 228 valence electrons. The molecule has 0 fully saturated rings. The van der Waals surface area contributed by atoms with Crippen LogP contribution in [-0.2, 0) is 14.3 Å². The minimum absolute atomic E-state index is 0.0369. The average molecular weight is 598 g/mol. The molecular formula is C34H44ClNO6. The van der Waals surface area contributed by atoms with Crippen LogP contribution in [0, 0.1) is 0 Å². The van der Waals surface area contributed by atoms with Crippen LogP contribution in [0.1, 0.15) is 97.8 Å². The molecule has 0 unspecified atom stereocenters. The number of halogens is 1. The molecule has 0 spiro atoms. The van der Waals surface area contributed by atoms with Crippen molar-refractivity contribution in [2.75, 3.05) is 11.9 Å². The number of fused-ring (bicyclic) bond motifs is 1. The van der Waals surface area contributed by atoms with E-state index in [2.05, 4.69) is 12.2 Å². The molecule has 1 amide bonds. The Labute approximate surface area is 253 Å². The monoisotopic (exact) mass is 597 g/mol. The molecule has 0 aliphatic heterocycles. The summed E-state index contributed by atoms with van der Waals surface area (Å²) in [6, 6.07) is 11.6. The Balaban J connectivity index is 1.54. The molecule has 3 aromatic rings. The highest BCUT2D eigenvalue weighted by atomic mass is 35.5.